The summed E-state index contributed by atoms with van der Waals surface area (Å²) in [6, 6.07) is 12.8. The van der Waals surface area contributed by atoms with Gasteiger partial charge in [-0.15, -0.1) is 11.8 Å². The van der Waals surface area contributed by atoms with Crippen molar-refractivity contribution in [3.63, 3.8) is 0 Å². The predicted molar refractivity (Wildman–Crippen MR) is 108 cm³/mol. The van der Waals surface area contributed by atoms with Crippen LogP contribution < -0.4 is 0 Å². The summed E-state index contributed by atoms with van der Waals surface area (Å²) in [5.41, 5.74) is 4.39. The lowest BCUT2D eigenvalue weighted by Gasteiger charge is -2.17. The summed E-state index contributed by atoms with van der Waals surface area (Å²) in [5.74, 6) is 0.711. The standard InChI is InChI=1S/C21H22N2O3S/c1-4-27-20-19(12-24)23(14(3)22-20)18-11-7-10-15(13(18)2)16-8-5-6-9-17(16)21(25)26/h5-11,24H,4,12H2,1-3H3,(H,25,26). The Bertz CT molecular complexity index is 995. The van der Waals surface area contributed by atoms with Crippen LogP contribution in [0.5, 0.6) is 0 Å². The first-order chi connectivity index (χ1) is 13.0. The van der Waals surface area contributed by atoms with Crippen molar-refractivity contribution in [1.29, 1.82) is 0 Å². The van der Waals surface area contributed by atoms with Crippen molar-refractivity contribution in [1.82, 2.24) is 9.55 Å². The Balaban J connectivity index is 2.23. The Morgan fingerprint density at radius 3 is 2.48 bits per heavy atom. The third kappa shape index (κ3) is 3.50. The average molecular weight is 382 g/mol. The van der Waals surface area contributed by atoms with Gasteiger partial charge in [0.05, 0.1) is 23.6 Å². The van der Waals surface area contributed by atoms with Gasteiger partial charge in [-0.25, -0.2) is 9.78 Å². The van der Waals surface area contributed by atoms with Crippen molar-refractivity contribution in [2.45, 2.75) is 32.4 Å². The SMILES string of the molecule is CCSc1nc(C)n(-c2cccc(-c3ccccc3C(=O)O)c2C)c1CO. The quantitative estimate of drug-likeness (QED) is 0.616. The maximum Gasteiger partial charge on any atom is 0.336 e. The summed E-state index contributed by atoms with van der Waals surface area (Å²) in [6.07, 6.45) is 0. The van der Waals surface area contributed by atoms with E-state index in [0.717, 1.165) is 39.1 Å². The first kappa shape index (κ1) is 19.2. The molecule has 5 nitrogen and oxygen atoms in total. The van der Waals surface area contributed by atoms with Crippen molar-refractivity contribution >= 4 is 17.7 Å². The van der Waals surface area contributed by atoms with Gasteiger partial charge in [0.15, 0.2) is 0 Å². The maximum absolute atomic E-state index is 11.6. The molecule has 6 heteroatoms. The van der Waals surface area contributed by atoms with Crippen LogP contribution in [0.25, 0.3) is 16.8 Å². The van der Waals surface area contributed by atoms with E-state index in [9.17, 15) is 15.0 Å². The molecule has 0 saturated carbocycles. The third-order valence-electron chi connectivity index (χ3n) is 4.53. The number of hydrogen-bond donors (Lipinski definition) is 2. The predicted octanol–water partition coefficient (Wildman–Crippen LogP) is 4.46. The lowest BCUT2D eigenvalue weighted by Crippen LogP contribution is -2.06. The van der Waals surface area contributed by atoms with Gasteiger partial charge >= 0.3 is 5.97 Å². The number of aromatic carboxylic acids is 1. The minimum Gasteiger partial charge on any atom is -0.478 e. The Morgan fingerprint density at radius 1 is 1.11 bits per heavy atom. The van der Waals surface area contributed by atoms with E-state index in [-0.39, 0.29) is 12.2 Å². The molecule has 0 spiro atoms. The molecular weight excluding hydrogens is 360 g/mol. The number of carboxylic acid groups (broad SMARTS) is 1. The van der Waals surface area contributed by atoms with Crippen LogP contribution in [0.3, 0.4) is 0 Å². The molecule has 0 bridgehead atoms. The molecule has 0 amide bonds. The third-order valence-corrected chi connectivity index (χ3v) is 5.42. The highest BCUT2D eigenvalue weighted by molar-refractivity contribution is 7.99. The number of aliphatic hydroxyl groups excluding tert-OH is 1. The molecule has 1 heterocycles. The number of benzene rings is 2. The lowest BCUT2D eigenvalue weighted by atomic mass is 9.95. The van der Waals surface area contributed by atoms with Crippen LogP contribution in [0.2, 0.25) is 0 Å². The summed E-state index contributed by atoms with van der Waals surface area (Å²) in [5, 5.41) is 20.3. The van der Waals surface area contributed by atoms with Gasteiger partial charge in [0.25, 0.3) is 0 Å². The Labute approximate surface area is 162 Å². The molecule has 3 aromatic rings. The number of thioether (sulfide) groups is 1. The number of aryl methyl sites for hydroxylation is 1. The molecular formula is C21H22N2O3S. The fourth-order valence-electron chi connectivity index (χ4n) is 3.32. The Morgan fingerprint density at radius 2 is 1.81 bits per heavy atom. The van der Waals surface area contributed by atoms with E-state index >= 15 is 0 Å². The smallest absolute Gasteiger partial charge is 0.336 e. The van der Waals surface area contributed by atoms with Gasteiger partial charge in [-0.1, -0.05) is 37.3 Å². The highest BCUT2D eigenvalue weighted by Gasteiger charge is 2.19. The Kier molecular flexibility index (Phi) is 5.68. The van der Waals surface area contributed by atoms with E-state index in [0.29, 0.717) is 5.56 Å². The molecule has 2 aromatic carbocycles. The van der Waals surface area contributed by atoms with E-state index in [4.69, 9.17) is 0 Å². The van der Waals surface area contributed by atoms with Gasteiger partial charge in [0.2, 0.25) is 0 Å². The van der Waals surface area contributed by atoms with E-state index in [1.54, 1.807) is 23.9 Å². The normalized spacial score (nSPS) is 11.0. The fraction of sp³-hybridized carbons (Fsp3) is 0.238. The van der Waals surface area contributed by atoms with Gasteiger partial charge in [-0.05, 0) is 48.4 Å². The van der Waals surface area contributed by atoms with Crippen LogP contribution in [0.1, 0.15) is 34.4 Å². The van der Waals surface area contributed by atoms with Crippen LogP contribution >= 0.6 is 11.8 Å². The minimum atomic E-state index is -0.952. The zero-order valence-electron chi connectivity index (χ0n) is 15.6. The topological polar surface area (TPSA) is 75.4 Å². The van der Waals surface area contributed by atoms with E-state index in [1.807, 2.05) is 48.7 Å². The second kappa shape index (κ2) is 7.98. The van der Waals surface area contributed by atoms with Crippen molar-refractivity contribution < 1.29 is 15.0 Å². The number of aromatic nitrogens is 2. The Hall–Kier alpha value is -2.57. The zero-order chi connectivity index (χ0) is 19.6. The summed E-state index contributed by atoms with van der Waals surface area (Å²) < 4.78 is 1.96. The van der Waals surface area contributed by atoms with Crippen molar-refractivity contribution in [2.75, 3.05) is 5.75 Å². The summed E-state index contributed by atoms with van der Waals surface area (Å²) in [7, 11) is 0. The van der Waals surface area contributed by atoms with Crippen LogP contribution in [-0.4, -0.2) is 31.5 Å². The number of carbonyl (C=O) groups is 1. The maximum atomic E-state index is 11.6. The van der Waals surface area contributed by atoms with Crippen molar-refractivity contribution in [3.8, 4) is 16.8 Å². The number of nitrogens with zero attached hydrogens (tertiary/aromatic N) is 2. The van der Waals surface area contributed by atoms with Gasteiger partial charge in [0.1, 0.15) is 10.9 Å². The van der Waals surface area contributed by atoms with E-state index in [2.05, 4.69) is 11.9 Å². The number of rotatable bonds is 6. The first-order valence-corrected chi connectivity index (χ1v) is 9.72. The molecule has 0 unspecified atom stereocenters. The molecule has 0 aliphatic carbocycles. The molecule has 140 valence electrons. The lowest BCUT2D eigenvalue weighted by molar-refractivity contribution is 0.0697. The number of imidazole rings is 1. The van der Waals surface area contributed by atoms with Crippen LogP contribution in [-0.2, 0) is 6.61 Å². The van der Waals surface area contributed by atoms with E-state index < -0.39 is 5.97 Å². The molecule has 0 aliphatic heterocycles. The summed E-state index contributed by atoms with van der Waals surface area (Å²) in [6.45, 7) is 5.82. The van der Waals surface area contributed by atoms with Gasteiger partial charge in [0, 0.05) is 0 Å². The minimum absolute atomic E-state index is 0.113. The number of hydrogen-bond acceptors (Lipinski definition) is 4. The molecule has 0 fully saturated rings. The second-order valence-corrected chi connectivity index (χ2v) is 7.39. The van der Waals surface area contributed by atoms with E-state index in [1.165, 1.54) is 0 Å². The summed E-state index contributed by atoms with van der Waals surface area (Å²) in [4.78, 5) is 16.2. The average Bonchev–Trinajstić information content (AvgIpc) is 2.97. The molecule has 0 radical (unpaired) electrons. The zero-order valence-corrected chi connectivity index (χ0v) is 16.4. The molecule has 0 saturated heterocycles. The van der Waals surface area contributed by atoms with Gasteiger partial charge < -0.3 is 10.2 Å². The van der Waals surface area contributed by atoms with Gasteiger partial charge in [-0.2, -0.15) is 0 Å². The molecule has 1 aromatic heterocycles. The largest absolute Gasteiger partial charge is 0.478 e. The van der Waals surface area contributed by atoms with Crippen molar-refractivity contribution in [3.05, 3.63) is 65.1 Å². The first-order valence-electron chi connectivity index (χ1n) is 8.74. The van der Waals surface area contributed by atoms with Crippen LogP contribution in [0, 0.1) is 13.8 Å². The highest BCUT2D eigenvalue weighted by Crippen LogP contribution is 2.33. The van der Waals surface area contributed by atoms with Crippen molar-refractivity contribution in [2.24, 2.45) is 0 Å². The molecule has 27 heavy (non-hydrogen) atoms. The van der Waals surface area contributed by atoms with Crippen LogP contribution in [0.15, 0.2) is 47.5 Å². The molecule has 0 aliphatic rings. The monoisotopic (exact) mass is 382 g/mol. The molecule has 2 N–H and O–H groups in total. The molecule has 0 atom stereocenters. The fourth-order valence-corrected chi connectivity index (χ4v) is 4.12. The van der Waals surface area contributed by atoms with Crippen LogP contribution in [0.4, 0.5) is 0 Å². The molecule has 3 rings (SSSR count). The number of carboxylic acids is 1. The van der Waals surface area contributed by atoms with Gasteiger partial charge in [-0.3, -0.25) is 4.57 Å². The summed E-state index contributed by atoms with van der Waals surface area (Å²) >= 11 is 1.60. The second-order valence-electron chi connectivity index (χ2n) is 6.14. The number of aliphatic hydroxyl groups is 1. The highest BCUT2D eigenvalue weighted by atomic mass is 32.2.